The first kappa shape index (κ1) is 16.5. The average molecular weight is 429 g/mol. The van der Waals surface area contributed by atoms with Gasteiger partial charge in [0.2, 0.25) is 0 Å². The number of rotatable bonds is 3. The van der Waals surface area contributed by atoms with Gasteiger partial charge in [-0.2, -0.15) is 5.10 Å². The maximum atomic E-state index is 11.9. The Morgan fingerprint density at radius 3 is 2.76 bits per heavy atom. The van der Waals surface area contributed by atoms with Crippen molar-refractivity contribution in [1.82, 2.24) is 10.4 Å². The first-order valence-corrected chi connectivity index (χ1v) is 8.08. The van der Waals surface area contributed by atoms with Crippen molar-refractivity contribution in [1.29, 1.82) is 0 Å². The van der Waals surface area contributed by atoms with E-state index in [9.17, 15) is 4.79 Å². The molecule has 0 aliphatic rings. The number of hydrazone groups is 1. The molecule has 0 aromatic carbocycles. The maximum absolute atomic E-state index is 11.9. The highest BCUT2D eigenvalue weighted by Crippen LogP contribution is 2.34. The summed E-state index contributed by atoms with van der Waals surface area (Å²) in [6.45, 7) is 0. The summed E-state index contributed by atoms with van der Waals surface area (Å²) in [4.78, 5) is 16.6. The van der Waals surface area contributed by atoms with Crippen molar-refractivity contribution in [3.8, 4) is 0 Å². The highest BCUT2D eigenvalue weighted by Gasteiger charge is 2.19. The Bertz CT molecular complexity index is 734. The molecule has 0 fully saturated rings. The van der Waals surface area contributed by atoms with Crippen LogP contribution in [0.1, 0.15) is 15.4 Å². The van der Waals surface area contributed by atoms with Crippen LogP contribution in [0.3, 0.4) is 0 Å². The molecular formula is C11H6BrCl3N4OS. The van der Waals surface area contributed by atoms with Crippen LogP contribution in [0.2, 0.25) is 15.2 Å². The lowest BCUT2D eigenvalue weighted by Crippen LogP contribution is -2.20. The second kappa shape index (κ2) is 6.93. The first-order chi connectivity index (χ1) is 9.90. The minimum absolute atomic E-state index is 0.00477. The SMILES string of the molecule is Nc1c(Cl)c(Cl)nc(C(=O)N/N=C\c2cc(Br)cs2)c1Cl. The topological polar surface area (TPSA) is 80.4 Å². The summed E-state index contributed by atoms with van der Waals surface area (Å²) in [5, 5.41) is 5.52. The summed E-state index contributed by atoms with van der Waals surface area (Å²) in [5.41, 5.74) is 7.77. The Hall–Kier alpha value is -0.860. The molecule has 0 aliphatic heterocycles. The molecule has 0 saturated heterocycles. The van der Waals surface area contributed by atoms with Crippen LogP contribution >= 0.6 is 62.1 Å². The van der Waals surface area contributed by atoms with Crippen molar-refractivity contribution >= 4 is 79.9 Å². The smallest absolute Gasteiger partial charge is 0.291 e. The number of carbonyl (C=O) groups excluding carboxylic acids is 1. The number of nitrogens with zero attached hydrogens (tertiary/aromatic N) is 2. The van der Waals surface area contributed by atoms with Crippen LogP contribution in [0, 0.1) is 0 Å². The van der Waals surface area contributed by atoms with E-state index in [0.29, 0.717) is 0 Å². The predicted molar refractivity (Wildman–Crippen MR) is 90.8 cm³/mol. The number of pyridine rings is 1. The van der Waals surface area contributed by atoms with Gasteiger partial charge in [-0.1, -0.05) is 34.8 Å². The molecule has 1 amide bonds. The highest BCUT2D eigenvalue weighted by atomic mass is 79.9. The molecule has 2 aromatic rings. The fourth-order valence-electron chi connectivity index (χ4n) is 1.29. The molecular weight excluding hydrogens is 422 g/mol. The van der Waals surface area contributed by atoms with Crippen molar-refractivity contribution in [2.24, 2.45) is 5.10 Å². The largest absolute Gasteiger partial charge is 0.396 e. The van der Waals surface area contributed by atoms with Crippen LogP contribution in [-0.2, 0) is 0 Å². The summed E-state index contributed by atoms with van der Waals surface area (Å²) in [6.07, 6.45) is 1.49. The molecule has 0 spiro atoms. The lowest BCUT2D eigenvalue weighted by atomic mass is 10.3. The third-order valence-corrected chi connectivity index (χ3v) is 5.00. The van der Waals surface area contributed by atoms with Crippen molar-refractivity contribution in [3.63, 3.8) is 0 Å². The summed E-state index contributed by atoms with van der Waals surface area (Å²) in [6, 6.07) is 1.85. The van der Waals surface area contributed by atoms with Crippen molar-refractivity contribution < 1.29 is 4.79 Å². The number of hydrogen-bond donors (Lipinski definition) is 2. The Morgan fingerprint density at radius 1 is 1.43 bits per heavy atom. The quantitative estimate of drug-likeness (QED) is 0.437. The van der Waals surface area contributed by atoms with E-state index in [1.807, 2.05) is 11.4 Å². The van der Waals surface area contributed by atoms with Gasteiger partial charge in [0.15, 0.2) is 10.8 Å². The number of carbonyl (C=O) groups is 1. The lowest BCUT2D eigenvalue weighted by molar-refractivity contribution is 0.0950. The minimum atomic E-state index is -0.642. The second-order valence-corrected chi connectivity index (χ2v) is 6.63. The molecule has 3 N–H and O–H groups in total. The van der Waals surface area contributed by atoms with E-state index in [-0.39, 0.29) is 26.6 Å². The van der Waals surface area contributed by atoms with E-state index >= 15 is 0 Å². The fourth-order valence-corrected chi connectivity index (χ4v) is 3.18. The molecule has 0 bridgehead atoms. The predicted octanol–water partition coefficient (Wildman–Crippen LogP) is 4.21. The number of nitrogens with two attached hydrogens (primary N) is 1. The molecule has 2 heterocycles. The van der Waals surface area contributed by atoms with Gasteiger partial charge in [-0.05, 0) is 22.0 Å². The van der Waals surface area contributed by atoms with Gasteiger partial charge in [-0.15, -0.1) is 11.3 Å². The van der Waals surface area contributed by atoms with Crippen molar-refractivity contribution in [2.45, 2.75) is 0 Å². The Morgan fingerprint density at radius 2 is 2.14 bits per heavy atom. The molecule has 2 rings (SSSR count). The zero-order valence-corrected chi connectivity index (χ0v) is 14.7. The van der Waals surface area contributed by atoms with Gasteiger partial charge < -0.3 is 5.73 Å². The van der Waals surface area contributed by atoms with Gasteiger partial charge in [0.05, 0.1) is 16.9 Å². The van der Waals surface area contributed by atoms with Gasteiger partial charge in [0.25, 0.3) is 5.91 Å². The molecule has 0 atom stereocenters. The monoisotopic (exact) mass is 426 g/mol. The number of nitrogen functional groups attached to an aromatic ring is 1. The molecule has 21 heavy (non-hydrogen) atoms. The maximum Gasteiger partial charge on any atom is 0.291 e. The summed E-state index contributed by atoms with van der Waals surface area (Å²) in [7, 11) is 0. The van der Waals surface area contributed by atoms with Gasteiger partial charge in [-0.25, -0.2) is 10.4 Å². The molecule has 5 nitrogen and oxygen atoms in total. The van der Waals surface area contributed by atoms with E-state index in [1.54, 1.807) is 0 Å². The van der Waals surface area contributed by atoms with Gasteiger partial charge in [-0.3, -0.25) is 4.79 Å². The number of amides is 1. The molecule has 0 saturated carbocycles. The van der Waals surface area contributed by atoms with E-state index in [1.165, 1.54) is 17.6 Å². The fraction of sp³-hybridized carbons (Fsp3) is 0. The van der Waals surface area contributed by atoms with E-state index in [2.05, 4.69) is 31.4 Å². The number of halogens is 4. The number of hydrogen-bond acceptors (Lipinski definition) is 5. The lowest BCUT2D eigenvalue weighted by Gasteiger charge is -2.07. The minimum Gasteiger partial charge on any atom is -0.396 e. The Balaban J connectivity index is 2.16. The van der Waals surface area contributed by atoms with E-state index in [4.69, 9.17) is 40.5 Å². The average Bonchev–Trinajstić information content (AvgIpc) is 2.86. The number of anilines is 1. The molecule has 0 unspecified atom stereocenters. The Kier molecular flexibility index (Phi) is 5.45. The third kappa shape index (κ3) is 3.87. The third-order valence-electron chi connectivity index (χ3n) is 2.23. The van der Waals surface area contributed by atoms with Crippen molar-refractivity contribution in [2.75, 3.05) is 5.73 Å². The number of nitrogens with one attached hydrogen (secondary N) is 1. The van der Waals surface area contributed by atoms with Crippen LogP contribution in [0.25, 0.3) is 0 Å². The summed E-state index contributed by atoms with van der Waals surface area (Å²) >= 11 is 22.2. The standard InChI is InChI=1S/C11H6BrCl3N4OS/c12-4-1-5(21-3-4)2-17-19-11(20)9-6(13)8(16)7(14)10(15)18-9/h1-3H,(H2,16,18)(H,19,20)/b17-2-. The van der Waals surface area contributed by atoms with Crippen LogP contribution in [0.15, 0.2) is 21.0 Å². The summed E-state index contributed by atoms with van der Waals surface area (Å²) in [5.74, 6) is -0.642. The molecule has 0 aliphatic carbocycles. The van der Waals surface area contributed by atoms with Gasteiger partial charge >= 0.3 is 0 Å². The second-order valence-electron chi connectivity index (χ2n) is 3.66. The van der Waals surface area contributed by atoms with Crippen LogP contribution in [0.4, 0.5) is 5.69 Å². The molecule has 110 valence electrons. The zero-order chi connectivity index (χ0) is 15.6. The Labute approximate surface area is 147 Å². The van der Waals surface area contributed by atoms with Crippen molar-refractivity contribution in [3.05, 3.63) is 41.7 Å². The number of thiophene rings is 1. The highest BCUT2D eigenvalue weighted by molar-refractivity contribution is 9.10. The van der Waals surface area contributed by atoms with Gasteiger partial charge in [0.1, 0.15) is 5.02 Å². The first-order valence-electron chi connectivity index (χ1n) is 5.27. The molecule has 0 radical (unpaired) electrons. The molecule has 2 aromatic heterocycles. The molecule has 10 heteroatoms. The van der Waals surface area contributed by atoms with E-state index < -0.39 is 5.91 Å². The normalized spacial score (nSPS) is 11.0. The van der Waals surface area contributed by atoms with Crippen LogP contribution in [0.5, 0.6) is 0 Å². The van der Waals surface area contributed by atoms with Crippen LogP contribution in [-0.4, -0.2) is 17.1 Å². The zero-order valence-electron chi connectivity index (χ0n) is 10.0. The summed E-state index contributed by atoms with van der Waals surface area (Å²) < 4.78 is 0.933. The number of aromatic nitrogens is 1. The van der Waals surface area contributed by atoms with Crippen LogP contribution < -0.4 is 11.2 Å². The van der Waals surface area contributed by atoms with Gasteiger partial charge in [0, 0.05) is 14.7 Å². The van der Waals surface area contributed by atoms with E-state index in [0.717, 1.165) is 9.35 Å².